The minimum atomic E-state index is 0.271. The number of nitrogens with two attached hydrogens (primary N) is 1. The van der Waals surface area contributed by atoms with E-state index in [4.69, 9.17) is 10.3 Å². The van der Waals surface area contributed by atoms with E-state index in [-0.39, 0.29) is 6.01 Å². The summed E-state index contributed by atoms with van der Waals surface area (Å²) in [6.07, 6.45) is 2.84. The topological polar surface area (TPSA) is 82.8 Å². The lowest BCUT2D eigenvalue weighted by atomic mass is 10.7. The van der Waals surface area contributed by atoms with E-state index in [0.29, 0.717) is 5.82 Å². The molecule has 0 saturated heterocycles. The van der Waals surface area contributed by atoms with Crippen molar-refractivity contribution in [1.29, 1.82) is 0 Å². The van der Waals surface area contributed by atoms with Gasteiger partial charge in [0.05, 0.1) is 6.20 Å². The number of hydrogen-bond donors (Lipinski definition) is 1. The molecule has 0 fully saturated rings. The molecule has 56 valence electrons. The molecule has 0 atom stereocenters. The Morgan fingerprint density at radius 3 is 3.00 bits per heavy atom. The Morgan fingerprint density at radius 1 is 1.55 bits per heavy atom. The maximum absolute atomic E-state index is 5.50. The van der Waals surface area contributed by atoms with E-state index in [2.05, 4.69) is 15.2 Å². The molecule has 0 aromatic carbocycles. The second-order valence-corrected chi connectivity index (χ2v) is 1.89. The molecule has 2 aromatic rings. The summed E-state index contributed by atoms with van der Waals surface area (Å²) in [5.74, 6) is 0.467. The Bertz CT molecular complexity index is 337. The lowest BCUT2D eigenvalue weighted by molar-refractivity contribution is 0.395. The first kappa shape index (κ1) is 5.90. The summed E-state index contributed by atoms with van der Waals surface area (Å²) >= 11 is 0. The average Bonchev–Trinajstić information content (AvgIpc) is 2.55. The van der Waals surface area contributed by atoms with Crippen LogP contribution in [0.5, 0.6) is 0 Å². The van der Waals surface area contributed by atoms with Crippen molar-refractivity contribution in [2.45, 2.75) is 0 Å². The van der Waals surface area contributed by atoms with E-state index >= 15 is 0 Å². The van der Waals surface area contributed by atoms with Crippen LogP contribution in [0.1, 0.15) is 0 Å². The third kappa shape index (κ3) is 0.841. The summed E-state index contributed by atoms with van der Waals surface area (Å²) in [6, 6.07) is 1.91. The number of nitrogen functional groups attached to an aromatic ring is 1. The number of aromatic nitrogens is 4. The van der Waals surface area contributed by atoms with Gasteiger partial charge in [-0.05, 0) is 0 Å². The molecule has 0 aliphatic carbocycles. The second kappa shape index (κ2) is 2.08. The van der Waals surface area contributed by atoms with Gasteiger partial charge in [0.2, 0.25) is 0 Å². The van der Waals surface area contributed by atoms with Crippen molar-refractivity contribution in [3.63, 3.8) is 0 Å². The van der Waals surface area contributed by atoms with Crippen molar-refractivity contribution in [2.24, 2.45) is 0 Å². The quantitative estimate of drug-likeness (QED) is 0.612. The highest BCUT2D eigenvalue weighted by Gasteiger charge is 2.04. The van der Waals surface area contributed by atoms with Gasteiger partial charge in [-0.25, -0.2) is 0 Å². The number of anilines is 1. The van der Waals surface area contributed by atoms with Crippen LogP contribution >= 0.6 is 0 Å². The van der Waals surface area contributed by atoms with Crippen LogP contribution < -0.4 is 5.73 Å². The van der Waals surface area contributed by atoms with Gasteiger partial charge in [-0.2, -0.15) is 14.8 Å². The van der Waals surface area contributed by atoms with Crippen molar-refractivity contribution in [1.82, 2.24) is 19.9 Å². The molecule has 0 aliphatic rings. The van der Waals surface area contributed by atoms with E-state index in [1.54, 1.807) is 12.3 Å². The summed E-state index contributed by atoms with van der Waals surface area (Å²) in [5.41, 5.74) is 5.50. The molecular formula is C5H5N5O. The number of rotatable bonds is 1. The fraction of sp³-hybridized carbons (Fsp3) is 0. The molecule has 6 nitrogen and oxygen atoms in total. The maximum Gasteiger partial charge on any atom is 0.350 e. The van der Waals surface area contributed by atoms with E-state index < -0.39 is 0 Å². The normalized spacial score (nSPS) is 10.2. The van der Waals surface area contributed by atoms with Crippen molar-refractivity contribution in [2.75, 3.05) is 5.73 Å². The van der Waals surface area contributed by atoms with Gasteiger partial charge in [0, 0.05) is 6.07 Å². The molecule has 0 aliphatic heterocycles. The fourth-order valence-corrected chi connectivity index (χ4v) is 0.734. The van der Waals surface area contributed by atoms with Crippen molar-refractivity contribution in [3.8, 4) is 6.01 Å². The van der Waals surface area contributed by atoms with E-state index in [1.165, 1.54) is 11.0 Å². The molecule has 0 unspecified atom stereocenters. The van der Waals surface area contributed by atoms with Crippen LogP contribution in [0.3, 0.4) is 0 Å². The highest BCUT2D eigenvalue weighted by molar-refractivity contribution is 5.31. The van der Waals surface area contributed by atoms with Crippen LogP contribution in [0.4, 0.5) is 5.82 Å². The molecule has 11 heavy (non-hydrogen) atoms. The fourth-order valence-electron chi connectivity index (χ4n) is 0.734. The first-order chi connectivity index (χ1) is 5.38. The third-order valence-corrected chi connectivity index (χ3v) is 1.20. The van der Waals surface area contributed by atoms with E-state index in [0.717, 1.165) is 0 Å². The minimum absolute atomic E-state index is 0.271. The predicted octanol–water partition coefficient (Wildman–Crippen LogP) is -0.163. The highest BCUT2D eigenvalue weighted by atomic mass is 16.5. The van der Waals surface area contributed by atoms with Crippen molar-refractivity contribution in [3.05, 3.63) is 18.6 Å². The molecule has 0 amide bonds. The summed E-state index contributed by atoms with van der Waals surface area (Å²) in [7, 11) is 0. The van der Waals surface area contributed by atoms with Crippen molar-refractivity contribution >= 4 is 5.82 Å². The van der Waals surface area contributed by atoms with Gasteiger partial charge in [-0.3, -0.25) is 0 Å². The first-order valence-corrected chi connectivity index (χ1v) is 2.94. The zero-order valence-corrected chi connectivity index (χ0v) is 5.51. The molecule has 2 rings (SSSR count). The van der Waals surface area contributed by atoms with E-state index in [1.807, 2.05) is 0 Å². The lowest BCUT2D eigenvalue weighted by Gasteiger charge is -1.93. The number of nitrogens with zero attached hydrogens (tertiary/aromatic N) is 4. The molecule has 0 radical (unpaired) electrons. The SMILES string of the molecule is Nc1ccnn1-c1ncno1. The van der Waals surface area contributed by atoms with Crippen LogP contribution in [0.2, 0.25) is 0 Å². The summed E-state index contributed by atoms with van der Waals surface area (Å²) in [6.45, 7) is 0. The van der Waals surface area contributed by atoms with Gasteiger partial charge in [0.25, 0.3) is 0 Å². The molecule has 2 N–H and O–H groups in total. The van der Waals surface area contributed by atoms with Gasteiger partial charge < -0.3 is 10.3 Å². The maximum atomic E-state index is 5.50. The summed E-state index contributed by atoms with van der Waals surface area (Å²) in [4.78, 5) is 3.76. The van der Waals surface area contributed by atoms with Gasteiger partial charge >= 0.3 is 6.01 Å². The third-order valence-electron chi connectivity index (χ3n) is 1.20. The molecular weight excluding hydrogens is 146 g/mol. The smallest absolute Gasteiger partial charge is 0.350 e. The largest absolute Gasteiger partial charge is 0.383 e. The predicted molar refractivity (Wildman–Crippen MR) is 35.8 cm³/mol. The Labute approximate surface area is 61.6 Å². The zero-order chi connectivity index (χ0) is 7.68. The zero-order valence-electron chi connectivity index (χ0n) is 5.51. The molecule has 0 spiro atoms. The summed E-state index contributed by atoms with van der Waals surface area (Å²) < 4.78 is 6.07. The van der Waals surface area contributed by atoms with Crippen LogP contribution in [0.25, 0.3) is 6.01 Å². The van der Waals surface area contributed by atoms with Gasteiger partial charge in [0.1, 0.15) is 5.82 Å². The van der Waals surface area contributed by atoms with Gasteiger partial charge in [0.15, 0.2) is 6.33 Å². The molecule has 2 heterocycles. The van der Waals surface area contributed by atoms with Crippen LogP contribution in [0, 0.1) is 0 Å². The van der Waals surface area contributed by atoms with Crippen LogP contribution in [-0.4, -0.2) is 19.9 Å². The highest BCUT2D eigenvalue weighted by Crippen LogP contribution is 2.06. The van der Waals surface area contributed by atoms with Crippen molar-refractivity contribution < 1.29 is 4.52 Å². The van der Waals surface area contributed by atoms with Gasteiger partial charge in [-0.15, -0.1) is 0 Å². The Hall–Kier alpha value is -1.85. The van der Waals surface area contributed by atoms with Crippen LogP contribution in [-0.2, 0) is 0 Å². The lowest BCUT2D eigenvalue weighted by Crippen LogP contribution is -2.01. The number of hydrogen-bond acceptors (Lipinski definition) is 5. The Kier molecular flexibility index (Phi) is 1.12. The summed E-state index contributed by atoms with van der Waals surface area (Å²) in [5, 5.41) is 7.27. The minimum Gasteiger partial charge on any atom is -0.383 e. The standard InChI is InChI=1S/C5H5N5O/c6-4-1-2-8-10(4)5-7-3-9-11-5/h1-3H,6H2. The molecule has 6 heteroatoms. The molecule has 2 aromatic heterocycles. The Morgan fingerprint density at radius 2 is 2.45 bits per heavy atom. The monoisotopic (exact) mass is 151 g/mol. The van der Waals surface area contributed by atoms with Crippen LogP contribution in [0.15, 0.2) is 23.1 Å². The average molecular weight is 151 g/mol. The van der Waals surface area contributed by atoms with E-state index in [9.17, 15) is 0 Å². The molecule has 0 saturated carbocycles. The first-order valence-electron chi connectivity index (χ1n) is 2.94. The molecule has 0 bridgehead atoms. The second-order valence-electron chi connectivity index (χ2n) is 1.89. The van der Waals surface area contributed by atoms with Gasteiger partial charge in [-0.1, -0.05) is 5.16 Å². The Balaban J connectivity index is 2.53.